The molecule has 0 saturated heterocycles. The molecule has 0 aliphatic carbocycles. The number of amides is 1. The van der Waals surface area contributed by atoms with Gasteiger partial charge >= 0.3 is 0 Å². The first-order valence-electron chi connectivity index (χ1n) is 9.44. The average Bonchev–Trinajstić information content (AvgIpc) is 3.42. The van der Waals surface area contributed by atoms with E-state index in [-0.39, 0.29) is 17.9 Å². The van der Waals surface area contributed by atoms with Gasteiger partial charge in [0, 0.05) is 0 Å². The first kappa shape index (κ1) is 19.8. The maximum atomic E-state index is 13.3. The SMILES string of the molecule is Cc1nc(C)c(C(=O)C2=C(O)C(=O)N(Cc3ccco3)C2C=Cc2ccccc2)s1. The van der Waals surface area contributed by atoms with Crippen LogP contribution in [-0.2, 0) is 11.3 Å². The first-order chi connectivity index (χ1) is 14.5. The lowest BCUT2D eigenvalue weighted by Crippen LogP contribution is -2.35. The van der Waals surface area contributed by atoms with Crippen LogP contribution < -0.4 is 0 Å². The Kier molecular flexibility index (Phi) is 5.37. The van der Waals surface area contributed by atoms with Gasteiger partial charge in [0.25, 0.3) is 5.91 Å². The van der Waals surface area contributed by atoms with E-state index >= 15 is 0 Å². The van der Waals surface area contributed by atoms with Crippen molar-refractivity contribution in [2.24, 2.45) is 0 Å². The Morgan fingerprint density at radius 2 is 2.00 bits per heavy atom. The van der Waals surface area contributed by atoms with Crippen LogP contribution in [0.4, 0.5) is 0 Å². The van der Waals surface area contributed by atoms with Crippen LogP contribution in [-0.4, -0.2) is 32.7 Å². The topological polar surface area (TPSA) is 83.6 Å². The number of aliphatic hydroxyl groups excluding tert-OH is 1. The summed E-state index contributed by atoms with van der Waals surface area (Å²) in [7, 11) is 0. The molecule has 1 N–H and O–H groups in total. The standard InChI is InChI=1S/C23H20N2O4S/c1-14-22(30-15(2)24-14)20(26)19-18(11-10-16-7-4-3-5-8-16)25(23(28)21(19)27)13-17-9-6-12-29-17/h3-12,18,27H,13H2,1-2H3. The van der Waals surface area contributed by atoms with Crippen molar-refractivity contribution in [1.29, 1.82) is 0 Å². The maximum Gasteiger partial charge on any atom is 0.290 e. The molecule has 1 aliphatic heterocycles. The van der Waals surface area contributed by atoms with E-state index in [1.807, 2.05) is 43.3 Å². The number of aryl methyl sites for hydroxylation is 2. The molecule has 0 saturated carbocycles. The number of hydrogen-bond acceptors (Lipinski definition) is 6. The van der Waals surface area contributed by atoms with Gasteiger partial charge in [0.1, 0.15) is 5.76 Å². The van der Waals surface area contributed by atoms with Crippen molar-refractivity contribution in [2.45, 2.75) is 26.4 Å². The van der Waals surface area contributed by atoms with Gasteiger partial charge in [0.15, 0.2) is 5.76 Å². The summed E-state index contributed by atoms with van der Waals surface area (Å²) >= 11 is 1.26. The van der Waals surface area contributed by atoms with Gasteiger partial charge in [-0.15, -0.1) is 11.3 Å². The van der Waals surface area contributed by atoms with E-state index in [9.17, 15) is 14.7 Å². The molecule has 3 heterocycles. The monoisotopic (exact) mass is 420 g/mol. The van der Waals surface area contributed by atoms with E-state index in [2.05, 4.69) is 4.98 Å². The minimum absolute atomic E-state index is 0.0606. The van der Waals surface area contributed by atoms with Gasteiger partial charge in [-0.25, -0.2) is 4.98 Å². The quantitative estimate of drug-likeness (QED) is 0.595. The number of carbonyl (C=O) groups excluding carboxylic acids is 2. The number of benzene rings is 1. The Balaban J connectivity index is 1.74. The van der Waals surface area contributed by atoms with E-state index < -0.39 is 17.7 Å². The highest BCUT2D eigenvalue weighted by Crippen LogP contribution is 2.33. The summed E-state index contributed by atoms with van der Waals surface area (Å²) in [6.07, 6.45) is 5.12. The fraction of sp³-hybridized carbons (Fsp3) is 0.174. The number of furan rings is 1. The molecule has 4 rings (SSSR count). The molecule has 0 radical (unpaired) electrons. The predicted octanol–water partition coefficient (Wildman–Crippen LogP) is 4.47. The summed E-state index contributed by atoms with van der Waals surface area (Å²) in [5.41, 5.74) is 1.57. The van der Waals surface area contributed by atoms with Gasteiger partial charge in [-0.1, -0.05) is 42.5 Å². The van der Waals surface area contributed by atoms with Crippen molar-refractivity contribution in [2.75, 3.05) is 0 Å². The molecule has 7 heteroatoms. The van der Waals surface area contributed by atoms with Gasteiger partial charge in [-0.2, -0.15) is 0 Å². The van der Waals surface area contributed by atoms with E-state index in [1.165, 1.54) is 22.5 Å². The second kappa shape index (κ2) is 8.12. The lowest BCUT2D eigenvalue weighted by Gasteiger charge is -2.23. The average molecular weight is 420 g/mol. The van der Waals surface area contributed by atoms with E-state index in [0.717, 1.165) is 10.6 Å². The molecular weight excluding hydrogens is 400 g/mol. The summed E-state index contributed by atoms with van der Waals surface area (Å²) in [4.78, 5) is 32.4. The zero-order valence-corrected chi connectivity index (χ0v) is 17.3. The number of thiazole rings is 1. The zero-order valence-electron chi connectivity index (χ0n) is 16.5. The summed E-state index contributed by atoms with van der Waals surface area (Å²) in [6.45, 7) is 3.70. The molecule has 1 aliphatic rings. The van der Waals surface area contributed by atoms with Gasteiger partial charge in [0.05, 0.1) is 40.0 Å². The fourth-order valence-corrected chi connectivity index (χ4v) is 4.36. The highest BCUT2D eigenvalue weighted by molar-refractivity contribution is 7.14. The van der Waals surface area contributed by atoms with Crippen molar-refractivity contribution in [3.8, 4) is 0 Å². The van der Waals surface area contributed by atoms with E-state index in [1.54, 1.807) is 25.1 Å². The van der Waals surface area contributed by atoms with Crippen LogP contribution in [0.15, 0.2) is 70.6 Å². The van der Waals surface area contributed by atoms with Gasteiger partial charge in [-0.05, 0) is 31.5 Å². The molecule has 30 heavy (non-hydrogen) atoms. The molecule has 3 aromatic rings. The van der Waals surface area contributed by atoms with Crippen LogP contribution in [0.2, 0.25) is 0 Å². The summed E-state index contributed by atoms with van der Waals surface area (Å²) < 4.78 is 5.38. The third kappa shape index (κ3) is 3.71. The first-order valence-corrected chi connectivity index (χ1v) is 10.3. The van der Waals surface area contributed by atoms with Gasteiger partial charge in [-0.3, -0.25) is 9.59 Å². The Labute approximate surface area is 177 Å². The lowest BCUT2D eigenvalue weighted by molar-refractivity contribution is -0.129. The van der Waals surface area contributed by atoms with Crippen molar-refractivity contribution < 1.29 is 19.1 Å². The maximum absolute atomic E-state index is 13.3. The highest BCUT2D eigenvalue weighted by Gasteiger charge is 2.42. The molecule has 152 valence electrons. The molecule has 1 atom stereocenters. The number of aliphatic hydroxyl groups is 1. The van der Waals surface area contributed by atoms with Crippen LogP contribution >= 0.6 is 11.3 Å². The molecule has 0 fully saturated rings. The predicted molar refractivity (Wildman–Crippen MR) is 114 cm³/mol. The smallest absolute Gasteiger partial charge is 0.290 e. The highest BCUT2D eigenvalue weighted by atomic mass is 32.1. The summed E-state index contributed by atoms with van der Waals surface area (Å²) in [6, 6.07) is 12.3. The van der Waals surface area contributed by atoms with Crippen LogP contribution in [0, 0.1) is 13.8 Å². The molecule has 0 spiro atoms. The van der Waals surface area contributed by atoms with Crippen molar-refractivity contribution in [3.63, 3.8) is 0 Å². The van der Waals surface area contributed by atoms with E-state index in [4.69, 9.17) is 4.42 Å². The van der Waals surface area contributed by atoms with Gasteiger partial charge in [0.2, 0.25) is 5.78 Å². The summed E-state index contributed by atoms with van der Waals surface area (Å²) in [5.74, 6) is -0.947. The normalized spacial score (nSPS) is 16.8. The van der Waals surface area contributed by atoms with Gasteiger partial charge < -0.3 is 14.4 Å². The van der Waals surface area contributed by atoms with E-state index in [0.29, 0.717) is 16.3 Å². The number of Topliss-reactive ketones (excluding diaryl/α,β-unsaturated/α-hetero) is 1. The zero-order chi connectivity index (χ0) is 21.3. The Morgan fingerprint density at radius 1 is 1.23 bits per heavy atom. The molecule has 1 amide bonds. The third-order valence-corrected chi connectivity index (χ3v) is 5.95. The number of ketones is 1. The molecule has 2 aromatic heterocycles. The molecule has 6 nitrogen and oxygen atoms in total. The van der Waals surface area contributed by atoms with Crippen LogP contribution in [0.25, 0.3) is 6.08 Å². The molecule has 1 aromatic carbocycles. The Bertz CT molecular complexity index is 1140. The lowest BCUT2D eigenvalue weighted by atomic mass is 10.00. The summed E-state index contributed by atoms with van der Waals surface area (Å²) in [5, 5.41) is 11.4. The third-order valence-electron chi connectivity index (χ3n) is 4.88. The largest absolute Gasteiger partial charge is 0.503 e. The number of hydrogen-bond donors (Lipinski definition) is 1. The number of carbonyl (C=O) groups is 2. The minimum Gasteiger partial charge on any atom is -0.503 e. The van der Waals surface area contributed by atoms with Crippen molar-refractivity contribution >= 4 is 29.1 Å². The number of nitrogens with zero attached hydrogens (tertiary/aromatic N) is 2. The Morgan fingerprint density at radius 3 is 2.63 bits per heavy atom. The molecule has 0 bridgehead atoms. The van der Waals surface area contributed by atoms with Crippen LogP contribution in [0.1, 0.15) is 31.7 Å². The minimum atomic E-state index is -0.725. The van der Waals surface area contributed by atoms with Crippen LogP contribution in [0.3, 0.4) is 0 Å². The fourth-order valence-electron chi connectivity index (χ4n) is 3.49. The number of rotatable bonds is 6. The molecule has 1 unspecified atom stereocenters. The number of aromatic nitrogens is 1. The van der Waals surface area contributed by atoms with Crippen LogP contribution in [0.5, 0.6) is 0 Å². The molecular formula is C23H20N2O4S. The van der Waals surface area contributed by atoms with Crippen molar-refractivity contribution in [3.05, 3.63) is 93.0 Å². The van der Waals surface area contributed by atoms with Crippen molar-refractivity contribution in [1.82, 2.24) is 9.88 Å². The second-order valence-electron chi connectivity index (χ2n) is 6.97. The Hall–Kier alpha value is -3.45. The second-order valence-corrected chi connectivity index (χ2v) is 8.17.